The average molecular weight is 775 g/mol. The highest BCUT2D eigenvalue weighted by Crippen LogP contribution is 2.12. The van der Waals surface area contributed by atoms with Crippen LogP contribution in [0.3, 0.4) is 0 Å². The largest absolute Gasteiger partial charge is 0.477 e. The van der Waals surface area contributed by atoms with Crippen molar-refractivity contribution >= 4 is 17.9 Å². The lowest BCUT2D eigenvalue weighted by atomic mass is 10.1. The summed E-state index contributed by atoms with van der Waals surface area (Å²) in [6.07, 6.45) is 41.4. The molecule has 0 saturated heterocycles. The summed E-state index contributed by atoms with van der Waals surface area (Å²) in [6, 6.07) is 0. The number of ether oxygens (including phenoxy) is 4. The van der Waals surface area contributed by atoms with E-state index in [1.165, 1.54) is 44.9 Å². The fraction of sp³-hybridized carbons (Fsp3) is 0.717. The standard InChI is InChI=1S/C46H79NO8/c1-6-8-10-12-14-16-18-20-22-24-26-28-30-32-34-36-43(48)53-40-42(41-54-46(45(50)51)52-39-38-47(3,4)5)55-44(49)37-35-33-31-29-27-25-23-21-19-17-15-13-11-9-7-2/h9,11,15,17,20-23,27,29,42,46H,6-8,10,12-14,16,18-19,24-26,28,30-41H2,1-5H3/p+1/b11-9-,17-15-,22-20-,23-21-,29-27-. The van der Waals surface area contributed by atoms with Gasteiger partial charge in [-0.15, -0.1) is 0 Å². The first-order valence-corrected chi connectivity index (χ1v) is 21.5. The molecule has 9 nitrogen and oxygen atoms in total. The van der Waals surface area contributed by atoms with Crippen molar-refractivity contribution in [3.8, 4) is 0 Å². The van der Waals surface area contributed by atoms with Gasteiger partial charge in [0.05, 0.1) is 34.4 Å². The summed E-state index contributed by atoms with van der Waals surface area (Å²) in [6.45, 7) is 4.67. The molecule has 316 valence electrons. The normalized spacial score (nSPS) is 13.5. The highest BCUT2D eigenvalue weighted by Gasteiger charge is 2.25. The maximum atomic E-state index is 12.7. The number of nitrogens with zero attached hydrogens (tertiary/aromatic N) is 1. The lowest BCUT2D eigenvalue weighted by Gasteiger charge is -2.25. The number of aliphatic carboxylic acids is 1. The van der Waals surface area contributed by atoms with E-state index in [2.05, 4.69) is 74.6 Å². The van der Waals surface area contributed by atoms with Crippen molar-refractivity contribution < 1.29 is 42.9 Å². The molecule has 0 aliphatic carbocycles. The Hall–Kier alpha value is -3.01. The molecule has 0 bridgehead atoms. The molecule has 55 heavy (non-hydrogen) atoms. The fourth-order valence-electron chi connectivity index (χ4n) is 5.41. The van der Waals surface area contributed by atoms with Crippen molar-refractivity contribution in [2.45, 2.75) is 167 Å². The molecule has 0 aliphatic rings. The molecule has 2 atom stereocenters. The number of carbonyl (C=O) groups is 3. The van der Waals surface area contributed by atoms with Crippen molar-refractivity contribution in [3.63, 3.8) is 0 Å². The summed E-state index contributed by atoms with van der Waals surface area (Å²) in [7, 11) is 5.93. The summed E-state index contributed by atoms with van der Waals surface area (Å²) in [5, 5.41) is 9.62. The van der Waals surface area contributed by atoms with Crippen molar-refractivity contribution in [2.75, 3.05) is 47.5 Å². The Labute approximate surface area is 335 Å². The highest BCUT2D eigenvalue weighted by molar-refractivity contribution is 5.71. The number of hydrogen-bond acceptors (Lipinski definition) is 7. The zero-order valence-electron chi connectivity index (χ0n) is 35.6. The van der Waals surface area contributed by atoms with Gasteiger partial charge in [-0.05, 0) is 77.0 Å². The number of allylic oxidation sites excluding steroid dienone is 10. The monoisotopic (exact) mass is 775 g/mol. The Morgan fingerprint density at radius 3 is 1.60 bits per heavy atom. The number of esters is 2. The molecule has 0 rings (SSSR count). The molecule has 0 radical (unpaired) electrons. The number of rotatable bonds is 38. The number of quaternary nitrogens is 1. The van der Waals surface area contributed by atoms with Crippen molar-refractivity contribution in [2.24, 2.45) is 0 Å². The minimum atomic E-state index is -1.52. The van der Waals surface area contributed by atoms with Crippen LogP contribution in [-0.2, 0) is 33.3 Å². The molecule has 0 aliphatic heterocycles. The average Bonchev–Trinajstić information content (AvgIpc) is 3.14. The van der Waals surface area contributed by atoms with Gasteiger partial charge in [0.2, 0.25) is 0 Å². The molecule has 0 fully saturated rings. The van der Waals surface area contributed by atoms with Crippen LogP contribution in [-0.4, -0.2) is 87.4 Å². The third-order valence-electron chi connectivity index (χ3n) is 8.76. The zero-order chi connectivity index (χ0) is 40.7. The van der Waals surface area contributed by atoms with Gasteiger partial charge in [-0.3, -0.25) is 9.59 Å². The van der Waals surface area contributed by atoms with Gasteiger partial charge in [-0.2, -0.15) is 0 Å². The van der Waals surface area contributed by atoms with Gasteiger partial charge in [0.1, 0.15) is 13.2 Å². The molecule has 0 aromatic heterocycles. The van der Waals surface area contributed by atoms with Crippen LogP contribution in [0.2, 0.25) is 0 Å². The van der Waals surface area contributed by atoms with Crippen LogP contribution in [0.5, 0.6) is 0 Å². The van der Waals surface area contributed by atoms with Crippen LogP contribution in [0.1, 0.15) is 155 Å². The third-order valence-corrected chi connectivity index (χ3v) is 8.76. The topological polar surface area (TPSA) is 108 Å². The number of carboxylic acid groups (broad SMARTS) is 1. The van der Waals surface area contributed by atoms with E-state index in [0.29, 0.717) is 17.4 Å². The summed E-state index contributed by atoms with van der Waals surface area (Å²) < 4.78 is 22.6. The number of carboxylic acids is 1. The second-order valence-corrected chi connectivity index (χ2v) is 15.3. The Kier molecular flexibility index (Phi) is 35.8. The minimum Gasteiger partial charge on any atom is -0.477 e. The first-order chi connectivity index (χ1) is 26.6. The van der Waals surface area contributed by atoms with Gasteiger partial charge in [0.15, 0.2) is 6.10 Å². The van der Waals surface area contributed by atoms with Gasteiger partial charge in [0.25, 0.3) is 6.29 Å². The number of hydrogen-bond donors (Lipinski definition) is 1. The fourth-order valence-corrected chi connectivity index (χ4v) is 5.41. The van der Waals surface area contributed by atoms with Crippen LogP contribution in [0.25, 0.3) is 0 Å². The van der Waals surface area contributed by atoms with Gasteiger partial charge < -0.3 is 28.5 Å². The van der Waals surface area contributed by atoms with E-state index in [9.17, 15) is 19.5 Å². The number of carbonyl (C=O) groups excluding carboxylic acids is 2. The van der Waals surface area contributed by atoms with Crippen LogP contribution in [0.15, 0.2) is 60.8 Å². The summed E-state index contributed by atoms with van der Waals surface area (Å²) in [4.78, 5) is 37.0. The zero-order valence-corrected chi connectivity index (χ0v) is 35.6. The van der Waals surface area contributed by atoms with E-state index in [1.54, 1.807) is 0 Å². The van der Waals surface area contributed by atoms with Gasteiger partial charge >= 0.3 is 17.9 Å². The van der Waals surface area contributed by atoms with E-state index in [1.807, 2.05) is 21.1 Å². The van der Waals surface area contributed by atoms with Crippen LogP contribution < -0.4 is 0 Å². The Bertz CT molecular complexity index is 1090. The first-order valence-electron chi connectivity index (χ1n) is 21.5. The smallest absolute Gasteiger partial charge is 0.361 e. The van der Waals surface area contributed by atoms with E-state index in [4.69, 9.17) is 18.9 Å². The lowest BCUT2D eigenvalue weighted by molar-refractivity contribution is -0.870. The summed E-state index contributed by atoms with van der Waals surface area (Å²) in [5.41, 5.74) is 0. The summed E-state index contributed by atoms with van der Waals surface area (Å²) in [5.74, 6) is -2.08. The van der Waals surface area contributed by atoms with E-state index in [-0.39, 0.29) is 38.6 Å². The predicted octanol–water partition coefficient (Wildman–Crippen LogP) is 11.0. The third kappa shape index (κ3) is 39.0. The Balaban J connectivity index is 4.57. The van der Waals surface area contributed by atoms with Crippen LogP contribution >= 0.6 is 0 Å². The van der Waals surface area contributed by atoms with Crippen molar-refractivity contribution in [1.82, 2.24) is 0 Å². The Morgan fingerprint density at radius 1 is 0.564 bits per heavy atom. The molecule has 1 N–H and O–H groups in total. The predicted molar refractivity (Wildman–Crippen MR) is 226 cm³/mol. The molecule has 9 heteroatoms. The SMILES string of the molecule is CC/C=C\C/C=C\C/C=C\C/C=C\CCCCC(=O)OC(COC(=O)CCCCCCC/C=C\CCCCCCCC)COC(OCC[N+](C)(C)C)C(=O)O. The molecular weight excluding hydrogens is 695 g/mol. The molecule has 0 spiro atoms. The highest BCUT2D eigenvalue weighted by atomic mass is 16.7. The van der Waals surface area contributed by atoms with Crippen molar-refractivity contribution in [3.05, 3.63) is 60.8 Å². The Morgan fingerprint density at radius 2 is 1.04 bits per heavy atom. The molecule has 0 heterocycles. The maximum Gasteiger partial charge on any atom is 0.361 e. The molecule has 0 saturated carbocycles. The lowest BCUT2D eigenvalue weighted by Crippen LogP contribution is -2.40. The van der Waals surface area contributed by atoms with Gasteiger partial charge in [-0.1, -0.05) is 126 Å². The van der Waals surface area contributed by atoms with E-state index >= 15 is 0 Å². The van der Waals surface area contributed by atoms with Gasteiger partial charge in [-0.25, -0.2) is 4.79 Å². The quantitative estimate of drug-likeness (QED) is 0.0217. The second-order valence-electron chi connectivity index (χ2n) is 15.3. The summed E-state index contributed by atoms with van der Waals surface area (Å²) >= 11 is 0. The molecule has 0 aromatic rings. The molecule has 0 aromatic carbocycles. The van der Waals surface area contributed by atoms with E-state index < -0.39 is 24.3 Å². The molecular formula is C46H80NO8+. The van der Waals surface area contributed by atoms with E-state index in [0.717, 1.165) is 77.0 Å². The minimum absolute atomic E-state index is 0.176. The molecule has 2 unspecified atom stereocenters. The second kappa shape index (κ2) is 37.9. The first kappa shape index (κ1) is 52.0. The maximum absolute atomic E-state index is 12.7. The van der Waals surface area contributed by atoms with Crippen LogP contribution in [0.4, 0.5) is 0 Å². The van der Waals surface area contributed by atoms with Gasteiger partial charge in [0, 0.05) is 12.8 Å². The van der Waals surface area contributed by atoms with Crippen LogP contribution in [0, 0.1) is 0 Å². The number of likely N-dealkylation sites (N-methyl/N-ethyl adjacent to an activating group) is 1. The van der Waals surface area contributed by atoms with Crippen molar-refractivity contribution in [1.29, 1.82) is 0 Å². The number of unbranched alkanes of at least 4 members (excludes halogenated alkanes) is 13. The molecule has 0 amide bonds.